The van der Waals surface area contributed by atoms with Gasteiger partial charge in [-0.1, -0.05) is 61.5 Å². The number of piperidine rings is 1. The first-order valence-electron chi connectivity index (χ1n) is 9.93. The van der Waals surface area contributed by atoms with Crippen molar-refractivity contribution in [2.45, 2.75) is 26.3 Å². The van der Waals surface area contributed by atoms with Crippen LogP contribution < -0.4 is 4.90 Å². The molecule has 0 aliphatic carbocycles. The highest BCUT2D eigenvalue weighted by atomic mass is 16.2. The maximum absolute atomic E-state index is 13.1. The van der Waals surface area contributed by atoms with Gasteiger partial charge in [-0.15, -0.1) is 10.2 Å². The molecule has 144 valence electrons. The van der Waals surface area contributed by atoms with E-state index >= 15 is 0 Å². The molecule has 1 aliphatic rings. The van der Waals surface area contributed by atoms with Crippen molar-refractivity contribution in [1.29, 1.82) is 0 Å². The Morgan fingerprint density at radius 1 is 1.00 bits per heavy atom. The van der Waals surface area contributed by atoms with E-state index in [9.17, 15) is 4.79 Å². The Hall–Kier alpha value is -2.95. The molecule has 0 saturated carbocycles. The number of hydrogen-bond acceptors (Lipinski definition) is 4. The van der Waals surface area contributed by atoms with Crippen molar-refractivity contribution in [3.05, 3.63) is 65.9 Å². The van der Waals surface area contributed by atoms with Crippen molar-refractivity contribution in [1.82, 2.24) is 15.1 Å². The summed E-state index contributed by atoms with van der Waals surface area (Å²) in [5.74, 6) is 1.54. The molecule has 1 aromatic heterocycles. The lowest BCUT2D eigenvalue weighted by Gasteiger charge is -2.31. The number of fused-ring (bicyclic) bond motifs is 1. The fourth-order valence-electron chi connectivity index (χ4n) is 3.81. The van der Waals surface area contributed by atoms with Crippen molar-refractivity contribution in [2.24, 2.45) is 5.92 Å². The topological polar surface area (TPSA) is 49.3 Å². The van der Waals surface area contributed by atoms with Crippen molar-refractivity contribution in [2.75, 3.05) is 25.0 Å². The van der Waals surface area contributed by atoms with Gasteiger partial charge in [-0.05, 0) is 24.3 Å². The monoisotopic (exact) mass is 374 g/mol. The number of carbonyl (C=O) groups excluding carboxylic acids is 1. The predicted molar refractivity (Wildman–Crippen MR) is 112 cm³/mol. The van der Waals surface area contributed by atoms with Crippen LogP contribution in [-0.2, 0) is 6.54 Å². The standard InChI is InChI=1S/C23H26N4O/c1-17-12-14-27(15-13-17)22-20-11-7-6-10-19(20)21(24-25-22)23(28)26(2)16-18-8-4-3-5-9-18/h3-11,17H,12-16H2,1-2H3. The summed E-state index contributed by atoms with van der Waals surface area (Å²) < 4.78 is 0. The molecule has 1 fully saturated rings. The van der Waals surface area contributed by atoms with Gasteiger partial charge in [0.1, 0.15) is 0 Å². The van der Waals surface area contributed by atoms with Gasteiger partial charge in [-0.3, -0.25) is 4.79 Å². The Bertz CT molecular complexity index is 965. The van der Waals surface area contributed by atoms with E-state index in [1.807, 2.05) is 61.6 Å². The van der Waals surface area contributed by atoms with Gasteiger partial charge < -0.3 is 9.80 Å². The smallest absolute Gasteiger partial charge is 0.275 e. The van der Waals surface area contributed by atoms with Crippen LogP contribution in [0.4, 0.5) is 5.82 Å². The number of aromatic nitrogens is 2. The van der Waals surface area contributed by atoms with Crippen molar-refractivity contribution < 1.29 is 4.79 Å². The minimum absolute atomic E-state index is 0.105. The fourth-order valence-corrected chi connectivity index (χ4v) is 3.81. The van der Waals surface area contributed by atoms with Crippen LogP contribution in [0.15, 0.2) is 54.6 Å². The van der Waals surface area contributed by atoms with E-state index < -0.39 is 0 Å². The lowest BCUT2D eigenvalue weighted by atomic mass is 9.99. The normalized spacial score (nSPS) is 15.0. The molecular weight excluding hydrogens is 348 g/mol. The Kier molecular flexibility index (Phi) is 5.24. The zero-order valence-corrected chi connectivity index (χ0v) is 16.5. The van der Waals surface area contributed by atoms with Gasteiger partial charge in [-0.2, -0.15) is 0 Å². The van der Waals surface area contributed by atoms with Gasteiger partial charge >= 0.3 is 0 Å². The first-order chi connectivity index (χ1) is 13.6. The summed E-state index contributed by atoms with van der Waals surface area (Å²) in [6.45, 7) is 4.81. The predicted octanol–water partition coefficient (Wildman–Crippen LogP) is 4.14. The van der Waals surface area contributed by atoms with Crippen LogP contribution in [0.1, 0.15) is 35.8 Å². The second kappa shape index (κ2) is 7.97. The maximum atomic E-state index is 13.1. The molecule has 5 heteroatoms. The summed E-state index contributed by atoms with van der Waals surface area (Å²) in [6.07, 6.45) is 2.33. The van der Waals surface area contributed by atoms with Crippen LogP contribution in [0, 0.1) is 5.92 Å². The minimum Gasteiger partial charge on any atom is -0.355 e. The minimum atomic E-state index is -0.105. The molecular formula is C23H26N4O. The second-order valence-electron chi connectivity index (χ2n) is 7.73. The van der Waals surface area contributed by atoms with E-state index in [0.717, 1.165) is 54.0 Å². The third-order valence-corrected chi connectivity index (χ3v) is 5.56. The van der Waals surface area contributed by atoms with Crippen LogP contribution in [0.5, 0.6) is 0 Å². The second-order valence-corrected chi connectivity index (χ2v) is 7.73. The Labute approximate surface area is 166 Å². The van der Waals surface area contributed by atoms with E-state index in [-0.39, 0.29) is 5.91 Å². The Morgan fingerprint density at radius 3 is 2.36 bits per heavy atom. The molecule has 28 heavy (non-hydrogen) atoms. The molecule has 5 nitrogen and oxygen atoms in total. The number of nitrogens with zero attached hydrogens (tertiary/aromatic N) is 4. The molecule has 0 N–H and O–H groups in total. The molecule has 3 aromatic rings. The lowest BCUT2D eigenvalue weighted by Crippen LogP contribution is -2.34. The number of hydrogen-bond donors (Lipinski definition) is 0. The molecule has 0 radical (unpaired) electrons. The molecule has 1 amide bonds. The Morgan fingerprint density at radius 2 is 1.64 bits per heavy atom. The van der Waals surface area contributed by atoms with E-state index in [4.69, 9.17) is 0 Å². The molecule has 0 unspecified atom stereocenters. The molecule has 1 saturated heterocycles. The van der Waals surface area contributed by atoms with Crippen molar-refractivity contribution in [3.63, 3.8) is 0 Å². The van der Waals surface area contributed by atoms with Crippen LogP contribution in [-0.4, -0.2) is 41.1 Å². The highest BCUT2D eigenvalue weighted by Gasteiger charge is 2.23. The highest BCUT2D eigenvalue weighted by molar-refractivity contribution is 6.07. The lowest BCUT2D eigenvalue weighted by molar-refractivity contribution is 0.0780. The number of rotatable bonds is 4. The van der Waals surface area contributed by atoms with Gasteiger partial charge in [0.2, 0.25) is 0 Å². The average Bonchev–Trinajstić information content (AvgIpc) is 2.74. The van der Waals surface area contributed by atoms with E-state index in [1.54, 1.807) is 4.90 Å². The van der Waals surface area contributed by atoms with Gasteiger partial charge in [-0.25, -0.2) is 0 Å². The van der Waals surface area contributed by atoms with Gasteiger partial charge in [0.05, 0.1) is 0 Å². The van der Waals surface area contributed by atoms with E-state index in [0.29, 0.717) is 12.2 Å². The zero-order chi connectivity index (χ0) is 19.5. The molecule has 2 heterocycles. The molecule has 0 bridgehead atoms. The molecule has 0 spiro atoms. The molecule has 1 aliphatic heterocycles. The van der Waals surface area contributed by atoms with Crippen LogP contribution in [0.25, 0.3) is 10.8 Å². The molecule has 0 atom stereocenters. The van der Waals surface area contributed by atoms with Gasteiger partial charge in [0.25, 0.3) is 5.91 Å². The fraction of sp³-hybridized carbons (Fsp3) is 0.348. The summed E-state index contributed by atoms with van der Waals surface area (Å²) in [5.41, 5.74) is 1.51. The molecule has 2 aromatic carbocycles. The van der Waals surface area contributed by atoms with Crippen LogP contribution in [0.3, 0.4) is 0 Å². The van der Waals surface area contributed by atoms with Crippen LogP contribution >= 0.6 is 0 Å². The van der Waals surface area contributed by atoms with Crippen LogP contribution in [0.2, 0.25) is 0 Å². The average molecular weight is 374 g/mol. The van der Waals surface area contributed by atoms with Gasteiger partial charge in [0.15, 0.2) is 11.5 Å². The summed E-state index contributed by atoms with van der Waals surface area (Å²) in [4.78, 5) is 17.1. The number of amides is 1. The zero-order valence-electron chi connectivity index (χ0n) is 16.5. The quantitative estimate of drug-likeness (QED) is 0.689. The SMILES string of the molecule is CC1CCN(c2nnc(C(=O)N(C)Cc3ccccc3)c3ccccc23)CC1. The van der Waals surface area contributed by atoms with Crippen molar-refractivity contribution >= 4 is 22.5 Å². The summed E-state index contributed by atoms with van der Waals surface area (Å²) >= 11 is 0. The van der Waals surface area contributed by atoms with Crippen molar-refractivity contribution in [3.8, 4) is 0 Å². The van der Waals surface area contributed by atoms with E-state index in [2.05, 4.69) is 22.0 Å². The summed E-state index contributed by atoms with van der Waals surface area (Å²) in [5, 5.41) is 10.7. The summed E-state index contributed by atoms with van der Waals surface area (Å²) in [6, 6.07) is 18.0. The first kappa shape index (κ1) is 18.4. The maximum Gasteiger partial charge on any atom is 0.275 e. The number of carbonyl (C=O) groups is 1. The van der Waals surface area contributed by atoms with E-state index in [1.165, 1.54) is 0 Å². The summed E-state index contributed by atoms with van der Waals surface area (Å²) in [7, 11) is 1.81. The number of benzene rings is 2. The first-order valence-corrected chi connectivity index (χ1v) is 9.93. The molecule has 4 rings (SSSR count). The largest absolute Gasteiger partial charge is 0.355 e. The Balaban J connectivity index is 1.65. The third-order valence-electron chi connectivity index (χ3n) is 5.56. The van der Waals surface area contributed by atoms with Gasteiger partial charge in [0, 0.05) is 37.5 Å². The third kappa shape index (κ3) is 3.70. The highest BCUT2D eigenvalue weighted by Crippen LogP contribution is 2.29. The number of anilines is 1.